The predicted octanol–water partition coefficient (Wildman–Crippen LogP) is 13.7. The number of imidazole rings is 1. The van der Waals surface area contributed by atoms with Crippen LogP contribution in [0, 0.1) is 23.8 Å². The van der Waals surface area contributed by atoms with Crippen LogP contribution in [0.25, 0.3) is 83.2 Å². The van der Waals surface area contributed by atoms with Crippen molar-refractivity contribution in [2.45, 2.75) is 37.0 Å². The van der Waals surface area contributed by atoms with E-state index in [2.05, 4.69) is 40.5 Å². The molecule has 0 aliphatic heterocycles. The fraction of sp³-hybridized carbons (Fsp3) is 0.115. The number of halogens is 2. The van der Waals surface area contributed by atoms with Crippen LogP contribution in [0.1, 0.15) is 26.7 Å². The molecule has 60 heavy (non-hydrogen) atoms. The first kappa shape index (κ1) is 39.7. The molecule has 0 spiro atoms. The number of furan rings is 1. The monoisotopic (exact) mass is 1030 g/mol. The van der Waals surface area contributed by atoms with Gasteiger partial charge in [0.05, 0.1) is 22.4 Å². The maximum Gasteiger partial charge on any atom is 0 e. The molecule has 0 saturated heterocycles. The average molecular weight is 1030 g/mol. The van der Waals surface area contributed by atoms with E-state index in [0.717, 1.165) is 49.6 Å². The standard InChI is InChI=1S/C35H19F2N2O.C17H22GeN.Ir/c36-29-12-4-3-9-25(29)23-16-18-26-27-10-5-11-28(34(27)40-32(26)20-23)35-38-31-14-6-13-30(37)33(31)39(35)24-17-15-21-7-1-2-8-22(21)19-24;1-13(2)15-11-17(14-9-7-6-8-10-14)19-12-16(15)18(3,4)5;/h1-10,12-20H;6-9,11-13H,1-5H3;/q2*-1;/i;13D;. The molecule has 7 aromatic carbocycles. The zero-order valence-corrected chi connectivity index (χ0v) is 38.3. The summed E-state index contributed by atoms with van der Waals surface area (Å²) in [5.74, 6) is 6.31. The molecule has 4 nitrogen and oxygen atoms in total. The Morgan fingerprint density at radius 1 is 0.733 bits per heavy atom. The number of aromatic nitrogens is 3. The molecule has 0 aliphatic carbocycles. The maximum absolute atomic E-state index is 15.4. The van der Waals surface area contributed by atoms with Gasteiger partial charge in [-0.25, -0.2) is 8.78 Å². The molecule has 10 aromatic rings. The van der Waals surface area contributed by atoms with E-state index < -0.39 is 19.2 Å². The van der Waals surface area contributed by atoms with Gasteiger partial charge < -0.3 is 8.98 Å². The zero-order chi connectivity index (χ0) is 41.8. The Balaban J connectivity index is 0.000000208. The zero-order valence-electron chi connectivity index (χ0n) is 34.8. The summed E-state index contributed by atoms with van der Waals surface area (Å²) in [4.78, 5) is 9.50. The molecule has 0 N–H and O–H groups in total. The Kier molecular flexibility index (Phi) is 11.1. The molecule has 299 valence electrons. The van der Waals surface area contributed by atoms with Crippen molar-refractivity contribution in [1.82, 2.24) is 14.5 Å². The van der Waals surface area contributed by atoms with E-state index in [1.54, 1.807) is 24.3 Å². The quantitative estimate of drug-likeness (QED) is 0.123. The SMILES string of the molecule is Fc1ccccc1-c1ccc2c(c1)oc1c(-c3nc4cccc(F)c4n3-c3ccc4ccccc4c3)[c-]ccc12.[2H]C(C)(C)c1cc(-c2[c-]cccc2)nc[c]1[Ge]([CH3])([CH3])[CH3].[Ir]. The number of hydrogen-bond acceptors (Lipinski definition) is 3. The molecule has 0 atom stereocenters. The first-order chi connectivity index (χ1) is 28.8. The van der Waals surface area contributed by atoms with Crippen LogP contribution in [-0.2, 0) is 20.1 Å². The first-order valence-electron chi connectivity index (χ1n) is 20.1. The number of fused-ring (bicyclic) bond motifs is 5. The van der Waals surface area contributed by atoms with Gasteiger partial charge in [-0.1, -0.05) is 77.7 Å². The normalized spacial score (nSPS) is 12.0. The molecule has 8 heteroatoms. The second-order valence-electron chi connectivity index (χ2n) is 15.9. The van der Waals surface area contributed by atoms with Crippen LogP contribution >= 0.6 is 0 Å². The summed E-state index contributed by atoms with van der Waals surface area (Å²) < 4.78 is 47.9. The molecule has 0 fully saturated rings. The van der Waals surface area contributed by atoms with Crippen molar-refractivity contribution in [1.29, 1.82) is 0 Å². The van der Waals surface area contributed by atoms with Crippen LogP contribution in [0.5, 0.6) is 0 Å². The fourth-order valence-corrected chi connectivity index (χ4v) is 11.1. The first-order valence-corrected chi connectivity index (χ1v) is 27.0. The van der Waals surface area contributed by atoms with E-state index in [4.69, 9.17) is 10.8 Å². The minimum Gasteiger partial charge on any atom is 0 e. The van der Waals surface area contributed by atoms with Crippen LogP contribution in [0.15, 0.2) is 156 Å². The number of benzene rings is 7. The number of para-hydroxylation sites is 1. The van der Waals surface area contributed by atoms with E-state index in [1.807, 2.05) is 128 Å². The molecule has 0 amide bonds. The molecule has 0 saturated carbocycles. The van der Waals surface area contributed by atoms with E-state index >= 15 is 4.39 Å². The van der Waals surface area contributed by atoms with Gasteiger partial charge in [-0.15, -0.1) is 18.2 Å². The third-order valence-electron chi connectivity index (χ3n) is 10.7. The third kappa shape index (κ3) is 7.74. The summed E-state index contributed by atoms with van der Waals surface area (Å²) in [6.07, 6.45) is 2.00. The Labute approximate surface area is 366 Å². The molecule has 0 bridgehead atoms. The van der Waals surface area contributed by atoms with Crippen molar-refractivity contribution in [3.05, 3.63) is 181 Å². The van der Waals surface area contributed by atoms with Gasteiger partial charge in [0, 0.05) is 36.7 Å². The van der Waals surface area contributed by atoms with Crippen molar-refractivity contribution < 1.29 is 34.7 Å². The molecular weight excluding hydrogens is 985 g/mol. The number of hydrogen-bond donors (Lipinski definition) is 0. The van der Waals surface area contributed by atoms with Crippen molar-refractivity contribution in [3.63, 3.8) is 0 Å². The predicted molar refractivity (Wildman–Crippen MR) is 241 cm³/mol. The molecule has 3 aromatic heterocycles. The fourth-order valence-electron chi connectivity index (χ4n) is 7.76. The molecule has 0 unspecified atom stereocenters. The van der Waals surface area contributed by atoms with Crippen molar-refractivity contribution in [3.8, 4) is 39.5 Å². The van der Waals surface area contributed by atoms with Gasteiger partial charge in [-0.2, -0.15) is 0 Å². The Bertz CT molecular complexity index is 3220. The Hall–Kier alpha value is -5.73. The van der Waals surface area contributed by atoms with Crippen LogP contribution in [-0.4, -0.2) is 27.8 Å². The van der Waals surface area contributed by atoms with Gasteiger partial charge in [-0.05, 0) is 52.7 Å². The van der Waals surface area contributed by atoms with Gasteiger partial charge in [0.25, 0.3) is 0 Å². The summed E-state index contributed by atoms with van der Waals surface area (Å²) in [5.41, 5.74) is 7.77. The molecule has 3 heterocycles. The third-order valence-corrected chi connectivity index (χ3v) is 14.9. The second-order valence-corrected chi connectivity index (χ2v) is 26.5. The van der Waals surface area contributed by atoms with Gasteiger partial charge in [0.2, 0.25) is 0 Å². The van der Waals surface area contributed by atoms with Gasteiger partial charge in [-0.3, -0.25) is 4.98 Å². The number of pyridine rings is 1. The van der Waals surface area contributed by atoms with E-state index in [0.29, 0.717) is 39.2 Å². The molecule has 10 rings (SSSR count). The Morgan fingerprint density at radius 2 is 1.50 bits per heavy atom. The van der Waals surface area contributed by atoms with E-state index in [1.165, 1.54) is 16.5 Å². The number of rotatable bonds is 6. The van der Waals surface area contributed by atoms with Crippen molar-refractivity contribution >= 4 is 61.4 Å². The van der Waals surface area contributed by atoms with Crippen molar-refractivity contribution in [2.24, 2.45) is 0 Å². The van der Waals surface area contributed by atoms with Gasteiger partial charge >= 0.3 is 120 Å². The molecule has 1 radical (unpaired) electrons. The summed E-state index contributed by atoms with van der Waals surface area (Å²) in [7, 11) is 0. The van der Waals surface area contributed by atoms with Gasteiger partial charge in [0.1, 0.15) is 17.2 Å². The smallest absolute Gasteiger partial charge is 0 e. The largest absolute Gasteiger partial charge is 0 e. The summed E-state index contributed by atoms with van der Waals surface area (Å²) in [6, 6.07) is 51.6. The van der Waals surface area contributed by atoms with Crippen LogP contribution in [0.4, 0.5) is 8.78 Å². The minimum absolute atomic E-state index is 0. The Morgan fingerprint density at radius 3 is 2.27 bits per heavy atom. The average Bonchev–Trinajstić information content (AvgIpc) is 3.83. The van der Waals surface area contributed by atoms with Crippen LogP contribution in [0.3, 0.4) is 0 Å². The molecule has 0 aliphatic rings. The number of nitrogens with zero attached hydrogens (tertiary/aromatic N) is 3. The summed E-state index contributed by atoms with van der Waals surface area (Å²) in [6.45, 7) is 3.91. The van der Waals surface area contributed by atoms with Crippen molar-refractivity contribution in [2.75, 3.05) is 0 Å². The second kappa shape index (κ2) is 16.7. The van der Waals surface area contributed by atoms with Crippen LogP contribution < -0.4 is 4.40 Å². The minimum atomic E-state index is -2.03. The van der Waals surface area contributed by atoms with E-state index in [-0.39, 0.29) is 31.7 Å². The topological polar surface area (TPSA) is 43.9 Å². The maximum atomic E-state index is 15.4. The van der Waals surface area contributed by atoms with Crippen LogP contribution in [0.2, 0.25) is 17.3 Å². The summed E-state index contributed by atoms with van der Waals surface area (Å²) >= 11 is -2.03. The van der Waals surface area contributed by atoms with Gasteiger partial charge in [0.15, 0.2) is 0 Å². The molecular formula is C52H41F2GeIrN3O-2. The van der Waals surface area contributed by atoms with E-state index in [9.17, 15) is 4.39 Å². The summed E-state index contributed by atoms with van der Waals surface area (Å²) in [5, 5.41) is 3.90.